The molecular weight excluding hydrogens is 769 g/mol. The van der Waals surface area contributed by atoms with Crippen LogP contribution in [-0.4, -0.2) is 89.6 Å². The van der Waals surface area contributed by atoms with E-state index >= 15 is 0 Å². The molecule has 0 aromatic rings. The molecule has 61 heavy (non-hydrogen) atoms. The van der Waals surface area contributed by atoms with Gasteiger partial charge in [-0.15, -0.1) is 0 Å². The Bertz CT molecular complexity index is 1030. The third-order valence-corrected chi connectivity index (χ3v) is 11.8. The van der Waals surface area contributed by atoms with Crippen LogP contribution in [0, 0.1) is 0 Å². The summed E-state index contributed by atoms with van der Waals surface area (Å²) in [4.78, 5) is 12.8. The molecule has 4 N–H and O–H groups in total. The molecule has 1 fully saturated rings. The molecule has 358 valence electrons. The Labute approximate surface area is 374 Å². The maximum Gasteiger partial charge on any atom is 0.306 e. The van der Waals surface area contributed by atoms with Gasteiger partial charge in [0.05, 0.1) is 19.8 Å². The first kappa shape index (κ1) is 57.4. The van der Waals surface area contributed by atoms with Crippen LogP contribution in [0.1, 0.15) is 226 Å². The molecule has 1 aliphatic heterocycles. The van der Waals surface area contributed by atoms with Crippen molar-refractivity contribution in [1.82, 2.24) is 0 Å². The number of ether oxygens (including phenoxy) is 4. The van der Waals surface area contributed by atoms with Crippen molar-refractivity contribution in [1.29, 1.82) is 0 Å². The smallest absolute Gasteiger partial charge is 0.306 e. The topological polar surface area (TPSA) is 135 Å². The van der Waals surface area contributed by atoms with Gasteiger partial charge in [-0.25, -0.2) is 0 Å². The van der Waals surface area contributed by atoms with Crippen molar-refractivity contribution in [2.45, 2.75) is 263 Å². The van der Waals surface area contributed by atoms with E-state index in [1.54, 1.807) is 0 Å². The van der Waals surface area contributed by atoms with Gasteiger partial charge in [0.25, 0.3) is 0 Å². The van der Waals surface area contributed by atoms with E-state index in [0.717, 1.165) is 70.6 Å². The third-order valence-electron chi connectivity index (χ3n) is 11.8. The molecule has 0 aromatic carbocycles. The summed E-state index contributed by atoms with van der Waals surface area (Å²) in [6, 6.07) is 0. The predicted molar refractivity (Wildman–Crippen MR) is 252 cm³/mol. The van der Waals surface area contributed by atoms with Gasteiger partial charge in [-0.05, 0) is 44.9 Å². The minimum absolute atomic E-state index is 0.118. The highest BCUT2D eigenvalue weighted by molar-refractivity contribution is 5.69. The van der Waals surface area contributed by atoms with E-state index in [-0.39, 0.29) is 19.2 Å². The van der Waals surface area contributed by atoms with Crippen LogP contribution >= 0.6 is 0 Å². The lowest BCUT2D eigenvalue weighted by Crippen LogP contribution is -2.59. The molecule has 0 radical (unpaired) electrons. The van der Waals surface area contributed by atoms with Gasteiger partial charge in [-0.1, -0.05) is 211 Å². The number of hydrogen-bond donors (Lipinski definition) is 4. The molecule has 1 rings (SSSR count). The van der Waals surface area contributed by atoms with E-state index in [4.69, 9.17) is 18.9 Å². The molecule has 0 amide bonds. The van der Waals surface area contributed by atoms with Crippen LogP contribution in [0.4, 0.5) is 0 Å². The fourth-order valence-electron chi connectivity index (χ4n) is 7.86. The van der Waals surface area contributed by atoms with Crippen molar-refractivity contribution >= 4 is 5.97 Å². The van der Waals surface area contributed by atoms with E-state index in [9.17, 15) is 25.2 Å². The molecule has 9 heteroatoms. The second kappa shape index (κ2) is 43.7. The summed E-state index contributed by atoms with van der Waals surface area (Å²) in [6.45, 7) is 4.46. The Hall–Kier alpha value is -1.59. The molecule has 0 bridgehead atoms. The summed E-state index contributed by atoms with van der Waals surface area (Å²) in [5.41, 5.74) is 0. The highest BCUT2D eigenvalue weighted by Crippen LogP contribution is 2.23. The van der Waals surface area contributed by atoms with E-state index in [2.05, 4.69) is 50.3 Å². The normalized spacial score (nSPS) is 20.1. The Morgan fingerprint density at radius 2 is 1.00 bits per heavy atom. The standard InChI is InChI=1S/C52H96O9/c1-3-5-7-9-11-13-15-17-19-20-21-22-23-24-25-26-28-30-32-34-36-38-40-42-58-44-46(45-59-52-51(57)50(56)49(55)47(43-53)61-52)60-48(54)41-39-37-35-33-31-29-27-18-16-14-12-10-8-6-4-2/h6,8,12,14,18,27,46-47,49-53,55-57H,3-5,7,9-11,13,15-17,19-26,28-45H2,1-2H3/b8-6-,14-12-,27-18-. The lowest BCUT2D eigenvalue weighted by molar-refractivity contribution is -0.305. The average Bonchev–Trinajstić information content (AvgIpc) is 3.26. The molecule has 1 aliphatic rings. The Morgan fingerprint density at radius 1 is 0.541 bits per heavy atom. The lowest BCUT2D eigenvalue weighted by Gasteiger charge is -2.39. The average molecular weight is 865 g/mol. The molecule has 6 unspecified atom stereocenters. The number of esters is 1. The molecular formula is C52H96O9. The molecule has 0 aromatic heterocycles. The molecule has 6 atom stereocenters. The van der Waals surface area contributed by atoms with Crippen LogP contribution in [0.15, 0.2) is 36.5 Å². The SMILES string of the molecule is CC/C=C\C/C=C\C/C=C\CCCCCCCC(=O)OC(COCCCCCCCCCCCCCCCCCCCCCCCCC)COC1OC(CO)C(O)C(O)C1O. The highest BCUT2D eigenvalue weighted by atomic mass is 16.7. The maximum absolute atomic E-state index is 12.8. The van der Waals surface area contributed by atoms with Gasteiger partial charge < -0.3 is 39.4 Å². The van der Waals surface area contributed by atoms with Gasteiger partial charge in [-0.3, -0.25) is 4.79 Å². The van der Waals surface area contributed by atoms with Crippen LogP contribution in [0.25, 0.3) is 0 Å². The van der Waals surface area contributed by atoms with Crippen molar-refractivity contribution in [2.75, 3.05) is 26.4 Å². The fourth-order valence-corrected chi connectivity index (χ4v) is 7.86. The number of hydrogen-bond acceptors (Lipinski definition) is 9. The van der Waals surface area contributed by atoms with Gasteiger partial charge in [0.2, 0.25) is 0 Å². The minimum Gasteiger partial charge on any atom is -0.457 e. The van der Waals surface area contributed by atoms with E-state index in [1.807, 2.05) is 0 Å². The molecule has 1 saturated heterocycles. The van der Waals surface area contributed by atoms with E-state index in [1.165, 1.54) is 135 Å². The Balaban J connectivity index is 2.17. The Kier molecular flexibility index (Phi) is 41.1. The monoisotopic (exact) mass is 865 g/mol. The number of unbranched alkanes of at least 4 members (excludes halogenated alkanes) is 27. The van der Waals surface area contributed by atoms with Gasteiger partial charge in [0, 0.05) is 13.0 Å². The van der Waals surface area contributed by atoms with Crippen LogP contribution in [0.3, 0.4) is 0 Å². The number of carbonyl (C=O) groups is 1. The summed E-state index contributed by atoms with van der Waals surface area (Å²) in [5, 5.41) is 40.2. The first-order valence-corrected chi connectivity index (χ1v) is 25.6. The second-order valence-electron chi connectivity index (χ2n) is 17.6. The van der Waals surface area contributed by atoms with Crippen LogP contribution in [0.2, 0.25) is 0 Å². The van der Waals surface area contributed by atoms with Gasteiger partial charge in [0.1, 0.15) is 30.5 Å². The molecule has 0 spiro atoms. The second-order valence-corrected chi connectivity index (χ2v) is 17.6. The summed E-state index contributed by atoms with van der Waals surface area (Å²) in [5.74, 6) is -0.327. The number of aliphatic hydroxyl groups excluding tert-OH is 4. The summed E-state index contributed by atoms with van der Waals surface area (Å²) in [6.07, 6.45) is 46.2. The summed E-state index contributed by atoms with van der Waals surface area (Å²) < 4.78 is 22.9. The minimum atomic E-state index is -1.54. The highest BCUT2D eigenvalue weighted by Gasteiger charge is 2.44. The van der Waals surface area contributed by atoms with Gasteiger partial charge in [0.15, 0.2) is 6.29 Å². The van der Waals surface area contributed by atoms with E-state index in [0.29, 0.717) is 13.0 Å². The van der Waals surface area contributed by atoms with Crippen molar-refractivity contribution in [2.24, 2.45) is 0 Å². The predicted octanol–water partition coefficient (Wildman–Crippen LogP) is 12.3. The number of allylic oxidation sites excluding steroid dienone is 6. The van der Waals surface area contributed by atoms with Crippen LogP contribution in [-0.2, 0) is 23.7 Å². The number of aliphatic hydroxyl groups is 4. The largest absolute Gasteiger partial charge is 0.457 e. The first-order chi connectivity index (χ1) is 29.9. The lowest BCUT2D eigenvalue weighted by atomic mass is 9.99. The zero-order chi connectivity index (χ0) is 44.3. The van der Waals surface area contributed by atoms with Gasteiger partial charge in [-0.2, -0.15) is 0 Å². The zero-order valence-electron chi connectivity index (χ0n) is 39.4. The molecule has 1 heterocycles. The molecule has 0 saturated carbocycles. The number of rotatable bonds is 44. The quantitative estimate of drug-likeness (QED) is 0.0268. The fraction of sp³-hybridized carbons (Fsp3) is 0.865. The third kappa shape index (κ3) is 34.5. The summed E-state index contributed by atoms with van der Waals surface area (Å²) in [7, 11) is 0. The first-order valence-electron chi connectivity index (χ1n) is 25.6. The van der Waals surface area contributed by atoms with Crippen molar-refractivity contribution in [3.8, 4) is 0 Å². The van der Waals surface area contributed by atoms with E-state index < -0.39 is 43.4 Å². The van der Waals surface area contributed by atoms with Crippen LogP contribution in [0.5, 0.6) is 0 Å². The molecule has 0 aliphatic carbocycles. The van der Waals surface area contributed by atoms with Crippen molar-refractivity contribution in [3.63, 3.8) is 0 Å². The van der Waals surface area contributed by atoms with Crippen LogP contribution < -0.4 is 0 Å². The summed E-state index contributed by atoms with van der Waals surface area (Å²) >= 11 is 0. The number of carbonyl (C=O) groups excluding carboxylic acids is 1. The maximum atomic E-state index is 12.8. The molecule has 9 nitrogen and oxygen atoms in total. The zero-order valence-corrected chi connectivity index (χ0v) is 39.4. The van der Waals surface area contributed by atoms with Crippen molar-refractivity contribution in [3.05, 3.63) is 36.5 Å². The van der Waals surface area contributed by atoms with Gasteiger partial charge >= 0.3 is 5.97 Å². The Morgan fingerprint density at radius 3 is 1.51 bits per heavy atom. The van der Waals surface area contributed by atoms with Crippen molar-refractivity contribution < 1.29 is 44.2 Å².